The van der Waals surface area contributed by atoms with E-state index in [0.29, 0.717) is 0 Å². The molecule has 49 heavy (non-hydrogen) atoms. The molecule has 0 N–H and O–H groups in total. The average Bonchev–Trinajstić information content (AvgIpc) is 3.70. The van der Waals surface area contributed by atoms with E-state index in [1.807, 2.05) is 6.92 Å². The molecule has 0 atom stereocenters. The minimum Gasteiger partial charge on any atom is -0.455 e. The van der Waals surface area contributed by atoms with Gasteiger partial charge in [0.2, 0.25) is 0 Å². The second-order valence-electron chi connectivity index (χ2n) is 13.8. The van der Waals surface area contributed by atoms with Crippen LogP contribution in [0.15, 0.2) is 126 Å². The lowest BCUT2D eigenvalue weighted by Crippen LogP contribution is -2.09. The Morgan fingerprint density at radius 2 is 1.22 bits per heavy atom. The lowest BCUT2D eigenvalue weighted by molar-refractivity contribution is 0.673. The zero-order chi connectivity index (χ0) is 33.4. The molecule has 0 radical (unpaired) electrons. The molecule has 0 aliphatic carbocycles. The molecular formula is C45H37N3O. The van der Waals surface area contributed by atoms with Gasteiger partial charge in [0.1, 0.15) is 17.0 Å². The number of aryl methyl sites for hydroxylation is 1. The number of aromatic nitrogens is 3. The van der Waals surface area contributed by atoms with Crippen LogP contribution in [0.2, 0.25) is 0 Å². The summed E-state index contributed by atoms with van der Waals surface area (Å²) in [5, 5.41) is 5.47. The molecule has 0 saturated heterocycles. The molecular weight excluding hydrogens is 599 g/mol. The maximum atomic E-state index is 6.97. The summed E-state index contributed by atoms with van der Waals surface area (Å²) in [7, 11) is 0. The van der Waals surface area contributed by atoms with Crippen molar-refractivity contribution in [3.63, 3.8) is 0 Å². The van der Waals surface area contributed by atoms with Gasteiger partial charge in [0.15, 0.2) is 0 Å². The van der Waals surface area contributed by atoms with Crippen LogP contribution in [0.1, 0.15) is 56.4 Å². The number of nitrogens with zero attached hydrogens (tertiary/aromatic N) is 3. The Morgan fingerprint density at radius 3 is 2.00 bits per heavy atom. The van der Waals surface area contributed by atoms with Crippen molar-refractivity contribution in [3.05, 3.63) is 138 Å². The Kier molecular flexibility index (Phi) is 6.70. The van der Waals surface area contributed by atoms with Crippen LogP contribution in [0.4, 0.5) is 0 Å². The number of hydrogen-bond donors (Lipinski definition) is 0. The zero-order valence-corrected chi connectivity index (χ0v) is 28.5. The fraction of sp³-hybridized carbons (Fsp3) is 0.156. The third-order valence-electron chi connectivity index (χ3n) is 10.0. The van der Waals surface area contributed by atoms with Crippen LogP contribution in [-0.4, -0.2) is 14.5 Å². The minimum absolute atomic E-state index is 0.283. The van der Waals surface area contributed by atoms with Crippen LogP contribution in [0.3, 0.4) is 0 Å². The van der Waals surface area contributed by atoms with Gasteiger partial charge in [-0.15, -0.1) is 0 Å². The summed E-state index contributed by atoms with van der Waals surface area (Å²) in [6.07, 6.45) is 0. The molecule has 9 rings (SSSR count). The number of fused-ring (bicyclic) bond motifs is 8. The molecule has 0 saturated carbocycles. The predicted molar refractivity (Wildman–Crippen MR) is 205 cm³/mol. The second kappa shape index (κ2) is 11.2. The van der Waals surface area contributed by atoms with E-state index in [9.17, 15) is 0 Å². The van der Waals surface area contributed by atoms with Gasteiger partial charge in [0.05, 0.1) is 27.8 Å². The van der Waals surface area contributed by atoms with Gasteiger partial charge in [-0.25, -0.2) is 4.98 Å². The molecule has 0 unspecified atom stereocenters. The summed E-state index contributed by atoms with van der Waals surface area (Å²) >= 11 is 0. The van der Waals surface area contributed by atoms with E-state index in [0.717, 1.165) is 71.7 Å². The maximum absolute atomic E-state index is 6.97. The average molecular weight is 636 g/mol. The number of hydrogen-bond acceptors (Lipinski definition) is 3. The van der Waals surface area contributed by atoms with Gasteiger partial charge in [-0.05, 0) is 89.5 Å². The Bertz CT molecular complexity index is 2700. The molecule has 0 aliphatic rings. The van der Waals surface area contributed by atoms with E-state index in [1.54, 1.807) is 0 Å². The van der Waals surface area contributed by atoms with Gasteiger partial charge in [-0.2, -0.15) is 0 Å². The van der Waals surface area contributed by atoms with Crippen LogP contribution in [0.5, 0.6) is 0 Å². The van der Waals surface area contributed by atoms with Crippen LogP contribution in [0, 0.1) is 6.92 Å². The zero-order valence-electron chi connectivity index (χ0n) is 28.5. The van der Waals surface area contributed by atoms with Gasteiger partial charge in [0.25, 0.3) is 0 Å². The number of pyridine rings is 1. The molecule has 0 fully saturated rings. The summed E-state index contributed by atoms with van der Waals surface area (Å²) in [5.74, 6) is 1.45. The SMILES string of the molecule is Cc1ccc2ccc3c(ccc4c5cccc(-c6nc7ccccc7n6-c6c(C(C)C)cc(-c7ccccc7)cc6C(C)C)c5oc43)c2n1. The first-order chi connectivity index (χ1) is 23.9. The van der Waals surface area contributed by atoms with Crippen molar-refractivity contribution in [2.45, 2.75) is 46.5 Å². The number of benzene rings is 6. The molecule has 0 spiro atoms. The quantitative estimate of drug-likeness (QED) is 0.177. The number of furan rings is 1. The summed E-state index contributed by atoms with van der Waals surface area (Å²) < 4.78 is 9.37. The molecule has 238 valence electrons. The van der Waals surface area contributed by atoms with Crippen LogP contribution in [0.25, 0.3) is 82.8 Å². The van der Waals surface area contributed by atoms with Crippen molar-refractivity contribution in [2.24, 2.45) is 0 Å². The third-order valence-corrected chi connectivity index (χ3v) is 10.0. The van der Waals surface area contributed by atoms with Crippen molar-refractivity contribution < 1.29 is 4.42 Å². The molecule has 3 aromatic heterocycles. The third kappa shape index (κ3) is 4.58. The summed E-state index contributed by atoms with van der Waals surface area (Å²) in [6, 6.07) is 43.4. The monoisotopic (exact) mass is 635 g/mol. The summed E-state index contributed by atoms with van der Waals surface area (Å²) in [5.41, 5.74) is 13.0. The van der Waals surface area contributed by atoms with E-state index in [1.165, 1.54) is 27.9 Å². The second-order valence-corrected chi connectivity index (χ2v) is 13.8. The van der Waals surface area contributed by atoms with E-state index in [4.69, 9.17) is 14.4 Å². The van der Waals surface area contributed by atoms with E-state index in [2.05, 4.69) is 154 Å². The van der Waals surface area contributed by atoms with Gasteiger partial charge >= 0.3 is 0 Å². The molecule has 4 heteroatoms. The van der Waals surface area contributed by atoms with E-state index < -0.39 is 0 Å². The Balaban J connectivity index is 1.36. The molecule has 0 aliphatic heterocycles. The molecule has 3 heterocycles. The first-order valence-electron chi connectivity index (χ1n) is 17.2. The van der Waals surface area contributed by atoms with E-state index in [-0.39, 0.29) is 11.8 Å². The van der Waals surface area contributed by atoms with Gasteiger partial charge in [-0.3, -0.25) is 9.55 Å². The summed E-state index contributed by atoms with van der Waals surface area (Å²) in [6.45, 7) is 11.2. The number of imidazole rings is 1. The molecule has 0 amide bonds. The van der Waals surface area contributed by atoms with Crippen LogP contribution < -0.4 is 0 Å². The minimum atomic E-state index is 0.283. The van der Waals surface area contributed by atoms with Crippen LogP contribution in [-0.2, 0) is 0 Å². The van der Waals surface area contributed by atoms with Gasteiger partial charge in [-0.1, -0.05) is 100 Å². The number of rotatable bonds is 5. The summed E-state index contributed by atoms with van der Waals surface area (Å²) in [4.78, 5) is 10.3. The van der Waals surface area contributed by atoms with Crippen LogP contribution >= 0.6 is 0 Å². The van der Waals surface area contributed by atoms with Crippen molar-refractivity contribution in [1.29, 1.82) is 0 Å². The molecule has 6 aromatic carbocycles. The fourth-order valence-electron chi connectivity index (χ4n) is 7.57. The normalized spacial score (nSPS) is 12.1. The standard InChI is InChI=1S/C45H37N3O/c1-26(2)37-24-31(29-12-7-6-8-13-29)25-38(27(3)4)42(37)48-40-17-10-9-16-39(40)47-45(48)36-15-11-14-33-35-23-22-32-34(43(35)49-44(33)36)21-20-30-19-18-28(5)46-41(30)32/h6-27H,1-5H3. The Morgan fingerprint density at radius 1 is 0.571 bits per heavy atom. The topological polar surface area (TPSA) is 43.9 Å². The predicted octanol–water partition coefficient (Wildman–Crippen LogP) is 12.5. The number of para-hydroxylation sites is 3. The highest BCUT2D eigenvalue weighted by atomic mass is 16.3. The van der Waals surface area contributed by atoms with Crippen molar-refractivity contribution in [3.8, 4) is 28.2 Å². The van der Waals surface area contributed by atoms with Crippen molar-refractivity contribution >= 4 is 54.6 Å². The first kappa shape index (κ1) is 29.4. The molecule has 9 aromatic rings. The highest BCUT2D eigenvalue weighted by Gasteiger charge is 2.25. The Labute approximate surface area is 285 Å². The highest BCUT2D eigenvalue weighted by Crippen LogP contribution is 2.44. The smallest absolute Gasteiger partial charge is 0.149 e. The van der Waals surface area contributed by atoms with Gasteiger partial charge < -0.3 is 4.42 Å². The highest BCUT2D eigenvalue weighted by molar-refractivity contribution is 6.21. The molecule has 4 nitrogen and oxygen atoms in total. The van der Waals surface area contributed by atoms with Crippen molar-refractivity contribution in [2.75, 3.05) is 0 Å². The van der Waals surface area contributed by atoms with Crippen molar-refractivity contribution in [1.82, 2.24) is 14.5 Å². The fourth-order valence-corrected chi connectivity index (χ4v) is 7.57. The molecule has 0 bridgehead atoms. The van der Waals surface area contributed by atoms with Gasteiger partial charge in [0, 0.05) is 32.6 Å². The first-order valence-corrected chi connectivity index (χ1v) is 17.2. The maximum Gasteiger partial charge on any atom is 0.149 e. The lowest BCUT2D eigenvalue weighted by Gasteiger charge is -2.24. The Hall–Kier alpha value is -5.74. The largest absolute Gasteiger partial charge is 0.455 e. The lowest BCUT2D eigenvalue weighted by atomic mass is 9.88. The van der Waals surface area contributed by atoms with E-state index >= 15 is 0 Å².